The minimum atomic E-state index is -1.05. The van der Waals surface area contributed by atoms with Gasteiger partial charge < -0.3 is 9.32 Å². The lowest BCUT2D eigenvalue weighted by atomic mass is 9.57. The molecule has 1 aliphatic rings. The first-order valence-electron chi connectivity index (χ1n) is 6.81. The Morgan fingerprint density at radius 2 is 2.20 bits per heavy atom. The number of oxazole rings is 1. The second-order valence-corrected chi connectivity index (χ2v) is 5.25. The van der Waals surface area contributed by atoms with Gasteiger partial charge in [-0.1, -0.05) is 19.4 Å². The maximum Gasteiger partial charge on any atom is 0.244 e. The summed E-state index contributed by atoms with van der Waals surface area (Å²) >= 11 is 0. The molecule has 1 aliphatic heterocycles. The first-order chi connectivity index (χ1) is 9.61. The molecule has 0 spiro atoms. The molecule has 2 aromatic rings. The van der Waals surface area contributed by atoms with Crippen LogP contribution in [0.2, 0.25) is 0 Å². The lowest BCUT2D eigenvalue weighted by molar-refractivity contribution is 0.0620. The molecule has 3 rings (SSSR count). The van der Waals surface area contributed by atoms with Crippen molar-refractivity contribution >= 4 is 15.7 Å². The Labute approximate surface area is 121 Å². The molecular formula is C14H15B2N3O. The molecule has 20 heavy (non-hydrogen) atoms. The molecule has 0 saturated carbocycles. The number of hydrogen-bond acceptors (Lipinski definition) is 4. The summed E-state index contributed by atoms with van der Waals surface area (Å²) < 4.78 is 5.25. The third-order valence-corrected chi connectivity index (χ3v) is 3.87. The van der Waals surface area contributed by atoms with Crippen molar-refractivity contribution in [3.05, 3.63) is 36.4 Å². The van der Waals surface area contributed by atoms with Gasteiger partial charge in [0.1, 0.15) is 12.0 Å². The number of nitrogens with zero attached hydrogens (tertiary/aromatic N) is 3. The average molecular weight is 263 g/mol. The molecule has 0 unspecified atom stereocenters. The van der Waals surface area contributed by atoms with Gasteiger partial charge in [0.2, 0.25) is 5.89 Å². The van der Waals surface area contributed by atoms with Crippen LogP contribution in [0.15, 0.2) is 35.1 Å². The van der Waals surface area contributed by atoms with Crippen molar-refractivity contribution in [2.45, 2.75) is 18.7 Å². The van der Waals surface area contributed by atoms with Crippen LogP contribution in [0.4, 0.5) is 0 Å². The third kappa shape index (κ3) is 2.29. The van der Waals surface area contributed by atoms with E-state index < -0.39 is 5.34 Å². The summed E-state index contributed by atoms with van der Waals surface area (Å²) in [6, 6.07) is 5.54. The number of likely N-dealkylation sites (tertiary alicyclic amines) is 1. The van der Waals surface area contributed by atoms with Gasteiger partial charge in [-0.3, -0.25) is 0 Å². The number of hydrogen-bond donors (Lipinski definition) is 0. The lowest BCUT2D eigenvalue weighted by Crippen LogP contribution is -2.59. The molecule has 2 aromatic heterocycles. The molecular weight excluding hydrogens is 248 g/mol. The van der Waals surface area contributed by atoms with Gasteiger partial charge in [0.15, 0.2) is 0 Å². The summed E-state index contributed by atoms with van der Waals surface area (Å²) in [5.41, 5.74) is 1.27. The highest BCUT2D eigenvalue weighted by Crippen LogP contribution is 2.30. The normalized spacial score (nSPS) is 17.1. The van der Waals surface area contributed by atoms with E-state index in [1.54, 1.807) is 6.20 Å². The number of aromatic nitrogens is 2. The van der Waals surface area contributed by atoms with Crippen molar-refractivity contribution in [3.8, 4) is 11.6 Å². The van der Waals surface area contributed by atoms with Crippen LogP contribution in [0.1, 0.15) is 19.0 Å². The van der Waals surface area contributed by atoms with Gasteiger partial charge in [0, 0.05) is 18.8 Å². The van der Waals surface area contributed by atoms with Gasteiger partial charge in [-0.05, 0) is 23.4 Å². The zero-order valence-corrected chi connectivity index (χ0v) is 11.5. The van der Waals surface area contributed by atoms with Crippen molar-refractivity contribution in [3.63, 3.8) is 0 Å². The predicted octanol–water partition coefficient (Wildman–Crippen LogP) is 1.53. The smallest absolute Gasteiger partial charge is 0.244 e. The molecule has 0 amide bonds. The van der Waals surface area contributed by atoms with E-state index in [1.807, 2.05) is 23.1 Å². The molecule has 0 bridgehead atoms. The maximum absolute atomic E-state index is 6.27. The number of pyridine rings is 1. The number of rotatable bonds is 4. The summed E-state index contributed by atoms with van der Waals surface area (Å²) in [6.45, 7) is 4.00. The fourth-order valence-corrected chi connectivity index (χ4v) is 2.42. The third-order valence-electron chi connectivity index (χ3n) is 3.87. The monoisotopic (exact) mass is 263 g/mol. The van der Waals surface area contributed by atoms with E-state index in [0.717, 1.165) is 19.5 Å². The Balaban J connectivity index is 1.85. The van der Waals surface area contributed by atoms with Crippen LogP contribution in [-0.4, -0.2) is 43.6 Å². The first-order valence-corrected chi connectivity index (χ1v) is 6.81. The predicted molar refractivity (Wildman–Crippen MR) is 78.3 cm³/mol. The lowest BCUT2D eigenvalue weighted by Gasteiger charge is -2.50. The Bertz CT molecular complexity index is 580. The minimum absolute atomic E-state index is 0.470. The fourth-order valence-electron chi connectivity index (χ4n) is 2.42. The van der Waals surface area contributed by atoms with Crippen LogP contribution in [-0.2, 0) is 5.34 Å². The second kappa shape index (κ2) is 5.09. The van der Waals surface area contributed by atoms with Crippen molar-refractivity contribution in [2.75, 3.05) is 13.1 Å². The molecule has 0 atom stereocenters. The van der Waals surface area contributed by atoms with Gasteiger partial charge in [0.05, 0.1) is 21.9 Å². The molecule has 4 nitrogen and oxygen atoms in total. The van der Waals surface area contributed by atoms with Crippen molar-refractivity contribution < 1.29 is 4.42 Å². The molecule has 3 heterocycles. The molecule has 0 aliphatic carbocycles. The van der Waals surface area contributed by atoms with E-state index >= 15 is 0 Å². The first kappa shape index (κ1) is 13.4. The van der Waals surface area contributed by atoms with E-state index in [9.17, 15) is 0 Å². The summed E-state index contributed by atoms with van der Waals surface area (Å²) in [6.07, 6.45) is 4.25. The Morgan fingerprint density at radius 3 is 2.85 bits per heavy atom. The molecule has 6 heteroatoms. The minimum Gasteiger partial charge on any atom is -0.443 e. The van der Waals surface area contributed by atoms with Gasteiger partial charge >= 0.3 is 0 Å². The average Bonchev–Trinajstić information content (AvgIpc) is 2.91. The standard InChI is InChI=1S/C14H15B2N3O/c1-2-10-8-19(9-10)14(15,16)12-5-3-4-11(18-12)13-17-6-7-20-13/h3-7,10H,2,8-9H2,1H3. The fraction of sp³-hybridized carbons (Fsp3) is 0.429. The Kier molecular flexibility index (Phi) is 3.42. The van der Waals surface area contributed by atoms with Gasteiger partial charge in [-0.25, -0.2) is 9.97 Å². The zero-order chi connectivity index (χ0) is 14.2. The van der Waals surface area contributed by atoms with E-state index in [0.29, 0.717) is 23.2 Å². The van der Waals surface area contributed by atoms with E-state index in [2.05, 4.69) is 16.9 Å². The molecule has 0 N–H and O–H groups in total. The largest absolute Gasteiger partial charge is 0.443 e. The second-order valence-electron chi connectivity index (χ2n) is 5.25. The summed E-state index contributed by atoms with van der Waals surface area (Å²) in [4.78, 5) is 10.6. The molecule has 1 fully saturated rings. The van der Waals surface area contributed by atoms with Crippen LogP contribution < -0.4 is 0 Å². The highest BCUT2D eigenvalue weighted by Gasteiger charge is 2.37. The maximum atomic E-state index is 6.27. The summed E-state index contributed by atoms with van der Waals surface area (Å²) in [5.74, 6) is 1.15. The van der Waals surface area contributed by atoms with Gasteiger partial charge in [-0.2, -0.15) is 0 Å². The van der Waals surface area contributed by atoms with Crippen molar-refractivity contribution in [2.24, 2.45) is 5.92 Å². The van der Waals surface area contributed by atoms with E-state index in [4.69, 9.17) is 20.1 Å². The van der Waals surface area contributed by atoms with Crippen molar-refractivity contribution in [1.29, 1.82) is 0 Å². The van der Waals surface area contributed by atoms with Crippen molar-refractivity contribution in [1.82, 2.24) is 14.9 Å². The van der Waals surface area contributed by atoms with Gasteiger partial charge in [0.25, 0.3) is 0 Å². The topological polar surface area (TPSA) is 42.2 Å². The Morgan fingerprint density at radius 1 is 1.40 bits per heavy atom. The zero-order valence-electron chi connectivity index (χ0n) is 11.5. The van der Waals surface area contributed by atoms with Crippen LogP contribution in [0.3, 0.4) is 0 Å². The summed E-state index contributed by atoms with van der Waals surface area (Å²) in [7, 11) is 12.5. The van der Waals surface area contributed by atoms with E-state index in [-0.39, 0.29) is 0 Å². The highest BCUT2D eigenvalue weighted by atomic mass is 16.3. The molecule has 98 valence electrons. The molecule has 4 radical (unpaired) electrons. The SMILES string of the molecule is [B]C([B])(c1cccc(-c2ncco2)n1)N1CC(CC)C1. The quantitative estimate of drug-likeness (QED) is 0.784. The van der Waals surface area contributed by atoms with Crippen LogP contribution in [0.5, 0.6) is 0 Å². The van der Waals surface area contributed by atoms with Crippen LogP contribution >= 0.6 is 0 Å². The van der Waals surface area contributed by atoms with E-state index in [1.165, 1.54) is 6.26 Å². The summed E-state index contributed by atoms with van der Waals surface area (Å²) in [5, 5.41) is -1.05. The Hall–Kier alpha value is -1.55. The molecule has 0 aromatic carbocycles. The molecule has 1 saturated heterocycles. The van der Waals surface area contributed by atoms with Crippen LogP contribution in [0, 0.1) is 5.92 Å². The highest BCUT2D eigenvalue weighted by molar-refractivity contribution is 6.39. The van der Waals surface area contributed by atoms with Gasteiger partial charge in [-0.15, -0.1) is 0 Å². The van der Waals surface area contributed by atoms with Crippen LogP contribution in [0.25, 0.3) is 11.6 Å².